The number of halogens is 1. The first-order valence-electron chi connectivity index (χ1n) is 7.49. The lowest BCUT2D eigenvalue weighted by molar-refractivity contribution is -0.142. The Bertz CT molecular complexity index is 690. The number of amides is 1. The van der Waals surface area contributed by atoms with E-state index in [1.165, 1.54) is 4.90 Å². The molecule has 0 saturated carbocycles. The van der Waals surface area contributed by atoms with Gasteiger partial charge in [-0.15, -0.1) is 0 Å². The average molecular weight is 439 g/mol. The van der Waals surface area contributed by atoms with Crippen molar-refractivity contribution < 1.29 is 19.1 Å². The van der Waals surface area contributed by atoms with E-state index < -0.39 is 5.97 Å². The van der Waals surface area contributed by atoms with Gasteiger partial charge in [-0.25, -0.2) is 0 Å². The predicted molar refractivity (Wildman–Crippen MR) is 100 cm³/mol. The normalized spacial score (nSPS) is 10.1. The van der Waals surface area contributed by atoms with Crippen LogP contribution in [0.4, 0.5) is 5.69 Å². The van der Waals surface area contributed by atoms with Gasteiger partial charge in [-0.1, -0.05) is 24.3 Å². The minimum Gasteiger partial charge on any atom is -0.484 e. The third-order valence-corrected chi connectivity index (χ3v) is 3.79. The molecule has 0 unspecified atom stereocenters. The van der Waals surface area contributed by atoms with Crippen LogP contribution in [0, 0.1) is 3.57 Å². The number of rotatable bonds is 7. The fourth-order valence-corrected chi connectivity index (χ4v) is 2.56. The lowest BCUT2D eigenvalue weighted by Crippen LogP contribution is -2.39. The summed E-state index contributed by atoms with van der Waals surface area (Å²) in [4.78, 5) is 25.7. The molecule has 126 valence electrons. The van der Waals surface area contributed by atoms with Crippen molar-refractivity contribution in [3.8, 4) is 5.75 Å². The Labute approximate surface area is 154 Å². The van der Waals surface area contributed by atoms with Gasteiger partial charge in [-0.2, -0.15) is 0 Å². The monoisotopic (exact) mass is 439 g/mol. The number of hydrogen-bond acceptors (Lipinski definition) is 4. The number of esters is 1. The van der Waals surface area contributed by atoms with E-state index in [4.69, 9.17) is 9.47 Å². The molecule has 0 N–H and O–H groups in total. The maximum absolute atomic E-state index is 12.5. The molecular weight excluding hydrogens is 421 g/mol. The molecule has 0 aliphatic heterocycles. The Hall–Kier alpha value is -2.09. The van der Waals surface area contributed by atoms with Gasteiger partial charge in [0.05, 0.1) is 6.61 Å². The molecule has 2 rings (SSSR count). The topological polar surface area (TPSA) is 55.8 Å². The summed E-state index contributed by atoms with van der Waals surface area (Å²) in [5.74, 6) is -0.156. The number of ether oxygens (including phenoxy) is 2. The zero-order chi connectivity index (χ0) is 17.4. The largest absolute Gasteiger partial charge is 0.484 e. The van der Waals surface area contributed by atoms with Crippen LogP contribution in [0.25, 0.3) is 0 Å². The van der Waals surface area contributed by atoms with Crippen molar-refractivity contribution >= 4 is 40.2 Å². The zero-order valence-electron chi connectivity index (χ0n) is 13.3. The summed E-state index contributed by atoms with van der Waals surface area (Å²) in [6.45, 7) is 1.70. The summed E-state index contributed by atoms with van der Waals surface area (Å²) in [6, 6.07) is 16.4. The molecule has 2 aromatic carbocycles. The number of carbonyl (C=O) groups is 2. The van der Waals surface area contributed by atoms with E-state index in [0.29, 0.717) is 11.4 Å². The molecule has 0 heterocycles. The first kappa shape index (κ1) is 18.3. The van der Waals surface area contributed by atoms with Crippen LogP contribution in [0.3, 0.4) is 0 Å². The second kappa shape index (κ2) is 9.27. The number of benzene rings is 2. The van der Waals surface area contributed by atoms with Gasteiger partial charge < -0.3 is 9.47 Å². The fourth-order valence-electron chi connectivity index (χ4n) is 2.05. The molecule has 0 radical (unpaired) electrons. The van der Waals surface area contributed by atoms with E-state index in [1.807, 2.05) is 24.3 Å². The second-order valence-electron chi connectivity index (χ2n) is 4.87. The van der Waals surface area contributed by atoms with E-state index in [9.17, 15) is 9.59 Å². The molecule has 5 nitrogen and oxygen atoms in total. The quantitative estimate of drug-likeness (QED) is 0.491. The van der Waals surface area contributed by atoms with Gasteiger partial charge in [0.25, 0.3) is 5.91 Å². The highest BCUT2D eigenvalue weighted by Gasteiger charge is 2.20. The molecule has 2 aromatic rings. The molecule has 0 fully saturated rings. The highest BCUT2D eigenvalue weighted by atomic mass is 127. The zero-order valence-corrected chi connectivity index (χ0v) is 15.4. The molecule has 0 atom stereocenters. The van der Waals surface area contributed by atoms with Crippen LogP contribution in [0.5, 0.6) is 5.75 Å². The first-order chi connectivity index (χ1) is 11.6. The molecule has 1 amide bonds. The van der Waals surface area contributed by atoms with Gasteiger partial charge >= 0.3 is 5.97 Å². The van der Waals surface area contributed by atoms with E-state index in [-0.39, 0.29) is 25.7 Å². The van der Waals surface area contributed by atoms with Crippen molar-refractivity contribution in [2.75, 3.05) is 24.7 Å². The van der Waals surface area contributed by atoms with Crippen molar-refractivity contribution in [1.29, 1.82) is 0 Å². The van der Waals surface area contributed by atoms with Crippen LogP contribution >= 0.6 is 22.6 Å². The van der Waals surface area contributed by atoms with Crippen LogP contribution in [0.15, 0.2) is 54.6 Å². The van der Waals surface area contributed by atoms with Crippen LogP contribution in [0.2, 0.25) is 0 Å². The van der Waals surface area contributed by atoms with Gasteiger partial charge in [-0.3, -0.25) is 14.5 Å². The van der Waals surface area contributed by atoms with Gasteiger partial charge in [0.15, 0.2) is 6.61 Å². The van der Waals surface area contributed by atoms with E-state index in [0.717, 1.165) is 3.57 Å². The van der Waals surface area contributed by atoms with E-state index in [1.54, 1.807) is 37.3 Å². The summed E-state index contributed by atoms with van der Waals surface area (Å²) >= 11 is 2.17. The molecule has 0 aliphatic carbocycles. The van der Waals surface area contributed by atoms with Crippen LogP contribution in [-0.4, -0.2) is 31.6 Å². The van der Waals surface area contributed by atoms with Gasteiger partial charge in [0.1, 0.15) is 12.3 Å². The molecule has 0 spiro atoms. The SMILES string of the molecule is CCOC(=O)CN(C(=O)COc1cccc(I)c1)c1ccccc1. The van der Waals surface area contributed by atoms with Crippen molar-refractivity contribution in [2.24, 2.45) is 0 Å². The summed E-state index contributed by atoms with van der Waals surface area (Å²) < 4.78 is 11.5. The van der Waals surface area contributed by atoms with Crippen molar-refractivity contribution in [3.05, 3.63) is 58.2 Å². The number of para-hydroxylation sites is 1. The van der Waals surface area contributed by atoms with Gasteiger partial charge in [-0.05, 0) is 59.8 Å². The van der Waals surface area contributed by atoms with Crippen LogP contribution in [-0.2, 0) is 14.3 Å². The minimum atomic E-state index is -0.455. The first-order valence-corrected chi connectivity index (χ1v) is 8.57. The molecule has 24 heavy (non-hydrogen) atoms. The Morgan fingerprint density at radius 2 is 1.83 bits per heavy atom. The van der Waals surface area contributed by atoms with Crippen LogP contribution in [0.1, 0.15) is 6.92 Å². The second-order valence-corrected chi connectivity index (χ2v) is 6.11. The fraction of sp³-hybridized carbons (Fsp3) is 0.222. The van der Waals surface area contributed by atoms with E-state index in [2.05, 4.69) is 22.6 Å². The summed E-state index contributed by atoms with van der Waals surface area (Å²) in [5, 5.41) is 0. The highest BCUT2D eigenvalue weighted by Crippen LogP contribution is 2.17. The average Bonchev–Trinajstić information content (AvgIpc) is 2.59. The van der Waals surface area contributed by atoms with Crippen molar-refractivity contribution in [2.45, 2.75) is 6.92 Å². The third-order valence-electron chi connectivity index (χ3n) is 3.12. The lowest BCUT2D eigenvalue weighted by atomic mass is 10.3. The molecule has 0 saturated heterocycles. The van der Waals surface area contributed by atoms with Gasteiger partial charge in [0.2, 0.25) is 0 Å². The van der Waals surface area contributed by atoms with Crippen molar-refractivity contribution in [1.82, 2.24) is 0 Å². The summed E-state index contributed by atoms with van der Waals surface area (Å²) in [5.41, 5.74) is 0.627. The van der Waals surface area contributed by atoms with Crippen LogP contribution < -0.4 is 9.64 Å². The molecule has 6 heteroatoms. The molecule has 0 aliphatic rings. The number of carbonyl (C=O) groups excluding carboxylic acids is 2. The maximum Gasteiger partial charge on any atom is 0.326 e. The number of hydrogen-bond donors (Lipinski definition) is 0. The van der Waals surface area contributed by atoms with Gasteiger partial charge in [0, 0.05) is 9.26 Å². The minimum absolute atomic E-state index is 0.146. The smallest absolute Gasteiger partial charge is 0.326 e. The van der Waals surface area contributed by atoms with Crippen molar-refractivity contribution in [3.63, 3.8) is 0 Å². The Kier molecular flexibility index (Phi) is 7.05. The number of anilines is 1. The Morgan fingerprint density at radius 3 is 2.50 bits per heavy atom. The standard InChI is InChI=1S/C18H18INO4/c1-2-23-18(22)12-20(15-8-4-3-5-9-15)17(21)13-24-16-10-6-7-14(19)11-16/h3-11H,2,12-13H2,1H3. The maximum atomic E-state index is 12.5. The summed E-state index contributed by atoms with van der Waals surface area (Å²) in [6.07, 6.45) is 0. The third kappa shape index (κ3) is 5.52. The Balaban J connectivity index is 2.07. The Morgan fingerprint density at radius 1 is 1.08 bits per heavy atom. The predicted octanol–water partition coefficient (Wildman–Crippen LogP) is 3.27. The molecule has 0 bridgehead atoms. The van der Waals surface area contributed by atoms with E-state index >= 15 is 0 Å². The molecular formula is C18H18INO4. The molecule has 0 aromatic heterocycles. The number of nitrogens with zero attached hydrogens (tertiary/aromatic N) is 1. The summed E-state index contributed by atoms with van der Waals surface area (Å²) in [7, 11) is 0. The highest BCUT2D eigenvalue weighted by molar-refractivity contribution is 14.1. The lowest BCUT2D eigenvalue weighted by Gasteiger charge is -2.22.